The lowest BCUT2D eigenvalue weighted by Gasteiger charge is -2.12. The summed E-state index contributed by atoms with van der Waals surface area (Å²) < 4.78 is 11.1. The average molecular weight is 352 g/mol. The summed E-state index contributed by atoms with van der Waals surface area (Å²) in [6.45, 7) is 10.3. The summed E-state index contributed by atoms with van der Waals surface area (Å²) in [4.78, 5) is 12.2. The molecule has 0 unspecified atom stereocenters. The third-order valence-electron chi connectivity index (χ3n) is 3.29. The zero-order chi connectivity index (χ0) is 18.8. The molecule has 0 atom stereocenters. The molecular weight excluding hydrogens is 328 g/mol. The molecule has 0 aliphatic heterocycles. The van der Waals surface area contributed by atoms with Gasteiger partial charge in [-0.1, -0.05) is 37.4 Å². The molecule has 136 valence electrons. The summed E-state index contributed by atoms with van der Waals surface area (Å²) in [7, 11) is 0. The van der Waals surface area contributed by atoms with E-state index in [1.165, 1.54) is 0 Å². The van der Waals surface area contributed by atoms with E-state index in [9.17, 15) is 4.79 Å². The molecule has 5 heteroatoms. The molecule has 5 nitrogen and oxygen atoms in total. The molecule has 2 aromatic carbocycles. The third kappa shape index (κ3) is 6.36. The highest BCUT2D eigenvalue weighted by Gasteiger charge is 2.07. The molecule has 0 radical (unpaired) electrons. The van der Waals surface area contributed by atoms with Crippen molar-refractivity contribution >= 4 is 17.3 Å². The summed E-state index contributed by atoms with van der Waals surface area (Å²) in [5.41, 5.74) is 2.37. The van der Waals surface area contributed by atoms with Crippen molar-refractivity contribution in [3.8, 4) is 11.5 Å². The first kappa shape index (κ1) is 19.1. The number of carbonyl (C=O) groups excluding carboxylic acids is 1. The molecule has 0 bridgehead atoms. The normalized spacial score (nSPS) is 9.88. The number of benzene rings is 2. The first-order valence-electron chi connectivity index (χ1n) is 8.32. The van der Waals surface area contributed by atoms with Gasteiger partial charge in [-0.3, -0.25) is 4.79 Å². The maximum atomic E-state index is 12.2. The van der Waals surface area contributed by atoms with Crippen molar-refractivity contribution in [1.82, 2.24) is 0 Å². The Kier molecular flexibility index (Phi) is 7.31. The van der Waals surface area contributed by atoms with Gasteiger partial charge in [0.25, 0.3) is 0 Å². The monoisotopic (exact) mass is 352 g/mol. The maximum Gasteiger partial charge on any atom is 0.243 e. The van der Waals surface area contributed by atoms with Crippen molar-refractivity contribution in [1.29, 1.82) is 0 Å². The quantitative estimate of drug-likeness (QED) is 0.627. The molecule has 0 saturated heterocycles. The summed E-state index contributed by atoms with van der Waals surface area (Å²) in [6.07, 6.45) is 1.66. The fourth-order valence-corrected chi connectivity index (χ4v) is 2.12. The van der Waals surface area contributed by atoms with Crippen molar-refractivity contribution in [3.63, 3.8) is 0 Å². The molecule has 0 saturated carbocycles. The molecule has 2 rings (SSSR count). The van der Waals surface area contributed by atoms with Crippen LogP contribution in [0, 0.1) is 0 Å². The molecule has 2 N–H and O–H groups in total. The van der Waals surface area contributed by atoms with Crippen LogP contribution in [-0.4, -0.2) is 25.7 Å². The average Bonchev–Trinajstić information content (AvgIpc) is 2.64. The van der Waals surface area contributed by atoms with Crippen molar-refractivity contribution in [2.24, 2.45) is 0 Å². The number of anilines is 2. The van der Waals surface area contributed by atoms with Gasteiger partial charge in [0.15, 0.2) is 0 Å². The van der Waals surface area contributed by atoms with Crippen LogP contribution in [0.1, 0.15) is 6.92 Å². The number of ether oxygens (including phenoxy) is 2. The lowest BCUT2D eigenvalue weighted by Crippen LogP contribution is -2.22. The number of hydrogen-bond donors (Lipinski definition) is 2. The molecule has 0 aliphatic rings. The first-order chi connectivity index (χ1) is 12.6. The van der Waals surface area contributed by atoms with Gasteiger partial charge in [0.2, 0.25) is 5.91 Å². The molecule has 0 heterocycles. The van der Waals surface area contributed by atoms with Crippen LogP contribution in [0.15, 0.2) is 73.3 Å². The number of hydrogen-bond acceptors (Lipinski definition) is 4. The van der Waals surface area contributed by atoms with E-state index in [-0.39, 0.29) is 12.5 Å². The molecule has 1 amide bonds. The summed E-state index contributed by atoms with van der Waals surface area (Å²) in [5.74, 6) is 1.16. The van der Waals surface area contributed by atoms with E-state index < -0.39 is 0 Å². The van der Waals surface area contributed by atoms with Gasteiger partial charge in [-0.25, -0.2) is 0 Å². The van der Waals surface area contributed by atoms with E-state index in [0.29, 0.717) is 24.7 Å². The second-order valence-electron chi connectivity index (χ2n) is 5.77. The van der Waals surface area contributed by atoms with Gasteiger partial charge in [-0.15, -0.1) is 0 Å². The highest BCUT2D eigenvalue weighted by Crippen LogP contribution is 2.23. The van der Waals surface area contributed by atoms with E-state index in [0.717, 1.165) is 17.0 Å². The van der Waals surface area contributed by atoms with E-state index in [2.05, 4.69) is 23.8 Å². The molecule has 0 fully saturated rings. The standard InChI is InChI=1S/C21H24N2O3/c1-4-12-25-20-11-6-5-10-19(20)23-21(24)14-22-17-8-7-9-18(13-17)26-15-16(2)3/h4-11,13,22H,1-2,12,14-15H2,3H3,(H,23,24). The Morgan fingerprint density at radius 1 is 1.15 bits per heavy atom. The third-order valence-corrected chi connectivity index (χ3v) is 3.29. The van der Waals surface area contributed by atoms with Crippen LogP contribution in [0.2, 0.25) is 0 Å². The molecule has 0 aromatic heterocycles. The van der Waals surface area contributed by atoms with Crippen LogP contribution in [0.3, 0.4) is 0 Å². The van der Waals surface area contributed by atoms with Crippen LogP contribution in [-0.2, 0) is 4.79 Å². The molecular formula is C21H24N2O3. The zero-order valence-electron chi connectivity index (χ0n) is 15.0. The van der Waals surface area contributed by atoms with Crippen LogP contribution in [0.25, 0.3) is 0 Å². The predicted molar refractivity (Wildman–Crippen MR) is 106 cm³/mol. The largest absolute Gasteiger partial charge is 0.489 e. The molecule has 0 aliphatic carbocycles. The smallest absolute Gasteiger partial charge is 0.243 e. The maximum absolute atomic E-state index is 12.2. The Balaban J connectivity index is 1.90. The van der Waals surface area contributed by atoms with Crippen molar-refractivity contribution in [3.05, 3.63) is 73.3 Å². The fourth-order valence-electron chi connectivity index (χ4n) is 2.12. The Bertz CT molecular complexity index is 771. The van der Waals surface area contributed by atoms with Crippen molar-refractivity contribution < 1.29 is 14.3 Å². The lowest BCUT2D eigenvalue weighted by atomic mass is 10.2. The fraction of sp³-hybridized carbons (Fsp3) is 0.190. The van der Waals surface area contributed by atoms with Gasteiger partial charge in [0.1, 0.15) is 24.7 Å². The summed E-state index contributed by atoms with van der Waals surface area (Å²) >= 11 is 0. The number of rotatable bonds is 10. The van der Waals surface area contributed by atoms with Crippen LogP contribution >= 0.6 is 0 Å². The minimum Gasteiger partial charge on any atom is -0.489 e. The van der Waals surface area contributed by atoms with Gasteiger partial charge in [-0.05, 0) is 36.8 Å². The van der Waals surface area contributed by atoms with E-state index in [1.807, 2.05) is 43.3 Å². The van der Waals surface area contributed by atoms with E-state index in [4.69, 9.17) is 9.47 Å². The molecule has 26 heavy (non-hydrogen) atoms. The van der Waals surface area contributed by atoms with Crippen LogP contribution in [0.5, 0.6) is 11.5 Å². The number of amides is 1. The SMILES string of the molecule is C=CCOc1ccccc1NC(=O)CNc1cccc(OCC(=C)C)c1. The Morgan fingerprint density at radius 3 is 2.73 bits per heavy atom. The van der Waals surface area contributed by atoms with Gasteiger partial charge in [-0.2, -0.15) is 0 Å². The molecule has 0 spiro atoms. The Hall–Kier alpha value is -3.21. The second kappa shape index (κ2) is 9.93. The highest BCUT2D eigenvalue weighted by atomic mass is 16.5. The minimum atomic E-state index is -0.173. The van der Waals surface area contributed by atoms with Crippen LogP contribution in [0.4, 0.5) is 11.4 Å². The highest BCUT2D eigenvalue weighted by molar-refractivity contribution is 5.95. The number of nitrogens with one attached hydrogen (secondary N) is 2. The second-order valence-corrected chi connectivity index (χ2v) is 5.77. The van der Waals surface area contributed by atoms with Crippen molar-refractivity contribution in [2.75, 3.05) is 30.4 Å². The Labute approximate surface area is 154 Å². The van der Waals surface area contributed by atoms with Crippen molar-refractivity contribution in [2.45, 2.75) is 6.92 Å². The summed E-state index contributed by atoms with van der Waals surface area (Å²) in [5, 5.41) is 5.92. The van der Waals surface area contributed by atoms with Crippen LogP contribution < -0.4 is 20.1 Å². The van der Waals surface area contributed by atoms with Gasteiger partial charge < -0.3 is 20.1 Å². The van der Waals surface area contributed by atoms with E-state index in [1.54, 1.807) is 18.2 Å². The number of para-hydroxylation sites is 2. The minimum absolute atomic E-state index is 0.125. The Morgan fingerprint density at radius 2 is 1.96 bits per heavy atom. The first-order valence-corrected chi connectivity index (χ1v) is 8.32. The van der Waals surface area contributed by atoms with E-state index >= 15 is 0 Å². The lowest BCUT2D eigenvalue weighted by molar-refractivity contribution is -0.114. The van der Waals surface area contributed by atoms with Gasteiger partial charge >= 0.3 is 0 Å². The molecule has 2 aromatic rings. The number of carbonyl (C=O) groups is 1. The van der Waals surface area contributed by atoms with Gasteiger partial charge in [0, 0.05) is 11.8 Å². The summed E-state index contributed by atoms with van der Waals surface area (Å²) in [6, 6.07) is 14.7. The zero-order valence-corrected chi connectivity index (χ0v) is 15.0. The topological polar surface area (TPSA) is 59.6 Å². The predicted octanol–water partition coefficient (Wildman–Crippen LogP) is 4.26. The van der Waals surface area contributed by atoms with Gasteiger partial charge in [0.05, 0.1) is 12.2 Å².